The van der Waals surface area contributed by atoms with E-state index in [-0.39, 0.29) is 12.5 Å². The van der Waals surface area contributed by atoms with Crippen LogP contribution < -0.4 is 5.32 Å². The van der Waals surface area contributed by atoms with Crippen LogP contribution in [0, 0.1) is 18.3 Å². The van der Waals surface area contributed by atoms with E-state index in [4.69, 9.17) is 15.9 Å². The van der Waals surface area contributed by atoms with Crippen LogP contribution in [-0.4, -0.2) is 31.3 Å². The number of hydrogen-bond donors (Lipinski definition) is 1. The van der Waals surface area contributed by atoms with Crippen LogP contribution in [0.5, 0.6) is 0 Å². The van der Waals surface area contributed by atoms with Gasteiger partial charge in [0.05, 0.1) is 6.61 Å². The molecule has 0 fully saturated rings. The lowest BCUT2D eigenvalue weighted by Gasteiger charge is -2.19. The Labute approximate surface area is 197 Å². The fourth-order valence-corrected chi connectivity index (χ4v) is 3.72. The van der Waals surface area contributed by atoms with E-state index in [1.807, 2.05) is 13.8 Å². The third-order valence-corrected chi connectivity index (χ3v) is 5.56. The monoisotopic (exact) mass is 451 g/mol. The number of esters is 1. The van der Waals surface area contributed by atoms with Crippen molar-refractivity contribution >= 4 is 12.1 Å². The third-order valence-electron chi connectivity index (χ3n) is 5.56. The lowest BCUT2D eigenvalue weighted by atomic mass is 10.0. The van der Waals surface area contributed by atoms with Gasteiger partial charge in [-0.15, -0.1) is 6.42 Å². The highest BCUT2D eigenvalue weighted by Gasteiger charge is 2.23. The number of nitrogens with one attached hydrogen (secondary N) is 1. The highest BCUT2D eigenvalue weighted by molar-refractivity contribution is 5.81. The summed E-state index contributed by atoms with van der Waals surface area (Å²) in [5.41, 5.74) is 0. The summed E-state index contributed by atoms with van der Waals surface area (Å²) in [6.45, 7) is 6.52. The standard InChI is InChI=1S/C27H49NO4/c1-5-7-8-9-10-11-12-13-14-15-16-17-18-19-20-22-31-26(29)25(23-24(3)4)28-27(30)32-21-6-2/h2,24-25H,5,7-23H2,1,3-4H3,(H,28,30). The SMILES string of the molecule is C#CCOC(=O)NC(CC(C)C)C(=O)OCCCCCCCCCCCCCCCCC. The van der Waals surface area contributed by atoms with E-state index in [1.165, 1.54) is 83.5 Å². The maximum atomic E-state index is 12.3. The number of terminal acetylenes is 1. The lowest BCUT2D eigenvalue weighted by molar-refractivity contribution is -0.146. The molecule has 5 heteroatoms. The van der Waals surface area contributed by atoms with Crippen LogP contribution in [0.25, 0.3) is 0 Å². The summed E-state index contributed by atoms with van der Waals surface area (Å²) in [6, 6.07) is -0.698. The molecule has 0 saturated carbocycles. The first-order valence-corrected chi connectivity index (χ1v) is 13.0. The molecule has 32 heavy (non-hydrogen) atoms. The minimum absolute atomic E-state index is 0.117. The Balaban J connectivity index is 3.65. The predicted octanol–water partition coefficient (Wildman–Crippen LogP) is 7.18. The number of carbonyl (C=O) groups is 2. The fourth-order valence-electron chi connectivity index (χ4n) is 3.72. The molecule has 0 spiro atoms. The zero-order valence-corrected chi connectivity index (χ0v) is 21.1. The van der Waals surface area contributed by atoms with Gasteiger partial charge < -0.3 is 14.8 Å². The van der Waals surface area contributed by atoms with Crippen molar-refractivity contribution in [2.75, 3.05) is 13.2 Å². The van der Waals surface area contributed by atoms with Crippen molar-refractivity contribution in [2.24, 2.45) is 5.92 Å². The number of amides is 1. The molecule has 0 aliphatic rings. The van der Waals surface area contributed by atoms with Gasteiger partial charge in [-0.1, -0.05) is 117 Å². The van der Waals surface area contributed by atoms with Crippen molar-refractivity contribution in [1.29, 1.82) is 0 Å². The number of hydrogen-bond acceptors (Lipinski definition) is 4. The molecular weight excluding hydrogens is 402 g/mol. The highest BCUT2D eigenvalue weighted by Crippen LogP contribution is 2.13. The molecule has 0 aromatic heterocycles. The molecule has 1 N–H and O–H groups in total. The molecule has 186 valence electrons. The number of alkyl carbamates (subject to hydrolysis) is 1. The summed E-state index contributed by atoms with van der Waals surface area (Å²) < 4.78 is 10.2. The zero-order valence-electron chi connectivity index (χ0n) is 21.1. The maximum absolute atomic E-state index is 12.3. The number of carbonyl (C=O) groups excluding carboxylic acids is 2. The van der Waals surface area contributed by atoms with Crippen molar-refractivity contribution in [1.82, 2.24) is 5.32 Å². The molecule has 1 atom stereocenters. The molecule has 1 unspecified atom stereocenters. The molecule has 0 bridgehead atoms. The minimum atomic E-state index is -0.698. The second-order valence-corrected chi connectivity index (χ2v) is 9.22. The van der Waals surface area contributed by atoms with E-state index < -0.39 is 18.1 Å². The van der Waals surface area contributed by atoms with E-state index in [0.717, 1.165) is 12.8 Å². The fraction of sp³-hybridized carbons (Fsp3) is 0.852. The zero-order chi connectivity index (χ0) is 23.9. The number of ether oxygens (including phenoxy) is 2. The van der Waals surface area contributed by atoms with Gasteiger partial charge >= 0.3 is 12.1 Å². The van der Waals surface area contributed by atoms with Crippen molar-refractivity contribution < 1.29 is 19.1 Å². The van der Waals surface area contributed by atoms with Crippen LogP contribution in [-0.2, 0) is 14.3 Å². The predicted molar refractivity (Wildman–Crippen MR) is 132 cm³/mol. The molecule has 0 aliphatic carbocycles. The minimum Gasteiger partial charge on any atom is -0.464 e. The Hall–Kier alpha value is -1.70. The lowest BCUT2D eigenvalue weighted by Crippen LogP contribution is -2.43. The van der Waals surface area contributed by atoms with Crippen molar-refractivity contribution in [3.05, 3.63) is 0 Å². The summed E-state index contributed by atoms with van der Waals surface area (Å²) >= 11 is 0. The van der Waals surface area contributed by atoms with E-state index in [9.17, 15) is 9.59 Å². The molecule has 0 saturated heterocycles. The average molecular weight is 452 g/mol. The quantitative estimate of drug-likeness (QED) is 0.114. The average Bonchev–Trinajstić information content (AvgIpc) is 2.76. The summed E-state index contributed by atoms with van der Waals surface area (Å²) in [6.07, 6.45) is 24.4. The molecule has 0 heterocycles. The Morgan fingerprint density at radius 1 is 0.781 bits per heavy atom. The largest absolute Gasteiger partial charge is 0.464 e. The van der Waals surface area contributed by atoms with Gasteiger partial charge in [-0.05, 0) is 18.8 Å². The Morgan fingerprint density at radius 3 is 1.69 bits per heavy atom. The summed E-state index contributed by atoms with van der Waals surface area (Å²) in [5.74, 6) is 2.07. The van der Waals surface area contributed by atoms with Gasteiger partial charge in [0.2, 0.25) is 0 Å². The van der Waals surface area contributed by atoms with Crippen LogP contribution in [0.4, 0.5) is 4.79 Å². The van der Waals surface area contributed by atoms with Crippen LogP contribution in [0.2, 0.25) is 0 Å². The van der Waals surface area contributed by atoms with Crippen LogP contribution in [0.3, 0.4) is 0 Å². The van der Waals surface area contributed by atoms with Crippen LogP contribution in [0.15, 0.2) is 0 Å². The van der Waals surface area contributed by atoms with Gasteiger partial charge in [0.1, 0.15) is 6.04 Å². The van der Waals surface area contributed by atoms with Crippen molar-refractivity contribution in [2.45, 2.75) is 130 Å². The molecule has 0 aliphatic heterocycles. The van der Waals surface area contributed by atoms with Gasteiger partial charge in [-0.2, -0.15) is 0 Å². The first-order valence-electron chi connectivity index (χ1n) is 13.0. The third kappa shape index (κ3) is 20.2. The van der Waals surface area contributed by atoms with Crippen LogP contribution in [0.1, 0.15) is 124 Å². The smallest absolute Gasteiger partial charge is 0.408 e. The normalized spacial score (nSPS) is 11.7. The number of unbranched alkanes of at least 4 members (excludes halogenated alkanes) is 14. The molecule has 0 aromatic rings. The van der Waals surface area contributed by atoms with E-state index in [0.29, 0.717) is 13.0 Å². The molecular formula is C27H49NO4. The van der Waals surface area contributed by atoms with E-state index in [1.54, 1.807) is 0 Å². The van der Waals surface area contributed by atoms with Crippen molar-refractivity contribution in [3.8, 4) is 12.3 Å². The van der Waals surface area contributed by atoms with Crippen molar-refractivity contribution in [3.63, 3.8) is 0 Å². The Bertz CT molecular complexity index is 498. The van der Waals surface area contributed by atoms with Gasteiger partial charge in [0.15, 0.2) is 6.61 Å². The summed E-state index contributed by atoms with van der Waals surface area (Å²) in [4.78, 5) is 24.0. The molecule has 1 amide bonds. The molecule has 0 aromatic carbocycles. The van der Waals surface area contributed by atoms with Crippen LogP contribution >= 0.6 is 0 Å². The second kappa shape index (κ2) is 22.5. The Kier molecular flexibility index (Phi) is 21.3. The number of rotatable bonds is 21. The maximum Gasteiger partial charge on any atom is 0.408 e. The van der Waals surface area contributed by atoms with Gasteiger partial charge in [0, 0.05) is 0 Å². The van der Waals surface area contributed by atoms with Gasteiger partial charge in [-0.25, -0.2) is 9.59 Å². The summed E-state index contributed by atoms with van der Waals surface area (Å²) in [7, 11) is 0. The molecule has 0 rings (SSSR count). The van der Waals surface area contributed by atoms with Gasteiger partial charge in [0.25, 0.3) is 0 Å². The van der Waals surface area contributed by atoms with Gasteiger partial charge in [-0.3, -0.25) is 0 Å². The molecule has 0 radical (unpaired) electrons. The highest BCUT2D eigenvalue weighted by atomic mass is 16.6. The first-order chi connectivity index (χ1) is 15.5. The second-order valence-electron chi connectivity index (χ2n) is 9.22. The molecule has 5 nitrogen and oxygen atoms in total. The van der Waals surface area contributed by atoms with E-state index in [2.05, 4.69) is 18.2 Å². The Morgan fingerprint density at radius 2 is 1.25 bits per heavy atom. The summed E-state index contributed by atoms with van der Waals surface area (Å²) in [5, 5.41) is 2.56. The first kappa shape index (κ1) is 30.3. The topological polar surface area (TPSA) is 64.6 Å². The van der Waals surface area contributed by atoms with E-state index >= 15 is 0 Å².